The van der Waals surface area contributed by atoms with Gasteiger partial charge in [-0.25, -0.2) is 8.42 Å². The number of nitrogen functional groups attached to an aromatic ring is 1. The van der Waals surface area contributed by atoms with E-state index in [9.17, 15) is 8.42 Å². The lowest BCUT2D eigenvalue weighted by Gasteiger charge is -2.22. The summed E-state index contributed by atoms with van der Waals surface area (Å²) in [6, 6.07) is 4.94. The van der Waals surface area contributed by atoms with Crippen LogP contribution in [0.5, 0.6) is 0 Å². The van der Waals surface area contributed by atoms with E-state index in [4.69, 9.17) is 5.73 Å². The molecule has 21 heavy (non-hydrogen) atoms. The predicted molar refractivity (Wildman–Crippen MR) is 89.5 cm³/mol. The zero-order chi connectivity index (χ0) is 15.6. The summed E-state index contributed by atoms with van der Waals surface area (Å²) in [4.78, 5) is 0.216. The van der Waals surface area contributed by atoms with Gasteiger partial charge in [-0.15, -0.1) is 0 Å². The summed E-state index contributed by atoms with van der Waals surface area (Å²) in [6.07, 6.45) is 2.94. The molecule has 0 radical (unpaired) electrons. The fourth-order valence-electron chi connectivity index (χ4n) is 2.90. The van der Waals surface area contributed by atoms with Gasteiger partial charge in [0.15, 0.2) is 0 Å². The summed E-state index contributed by atoms with van der Waals surface area (Å²) in [7, 11) is -3.49. The van der Waals surface area contributed by atoms with Crippen LogP contribution in [0.2, 0.25) is 0 Å². The normalized spacial score (nSPS) is 21.4. The van der Waals surface area contributed by atoms with E-state index in [1.54, 1.807) is 22.5 Å². The van der Waals surface area contributed by atoms with Gasteiger partial charge in [-0.3, -0.25) is 0 Å². The van der Waals surface area contributed by atoms with Gasteiger partial charge in [-0.1, -0.05) is 29.8 Å². The van der Waals surface area contributed by atoms with Crippen molar-refractivity contribution in [1.29, 1.82) is 0 Å². The van der Waals surface area contributed by atoms with E-state index >= 15 is 0 Å². The summed E-state index contributed by atoms with van der Waals surface area (Å²) >= 11 is 3.31. The van der Waals surface area contributed by atoms with E-state index in [0.717, 1.165) is 23.7 Å². The molecular formula is C15H23BrN2O2S. The third kappa shape index (κ3) is 3.79. The number of nitrogens with two attached hydrogens (primary N) is 1. The zero-order valence-corrected chi connectivity index (χ0v) is 15.0. The molecule has 2 N–H and O–H groups in total. The first-order valence-corrected chi connectivity index (χ1v) is 9.61. The lowest BCUT2D eigenvalue weighted by molar-refractivity contribution is 0.341. The SMILES string of the molecule is CC(C)C1CCCN(S(=O)(=O)c2ccc(Br)cc2N)CC1. The number of halogens is 1. The van der Waals surface area contributed by atoms with Crippen LogP contribution in [0, 0.1) is 11.8 Å². The van der Waals surface area contributed by atoms with Crippen molar-refractivity contribution in [3.05, 3.63) is 22.7 Å². The van der Waals surface area contributed by atoms with Crippen LogP contribution < -0.4 is 5.73 Å². The van der Waals surface area contributed by atoms with Crippen LogP contribution in [-0.4, -0.2) is 25.8 Å². The maximum Gasteiger partial charge on any atom is 0.245 e. The standard InChI is InChI=1S/C15H23BrN2O2S/c1-11(2)12-4-3-8-18(9-7-12)21(19,20)15-6-5-13(16)10-14(15)17/h5-6,10-12H,3-4,7-9,17H2,1-2H3. The molecule has 118 valence electrons. The van der Waals surface area contributed by atoms with Crippen LogP contribution in [-0.2, 0) is 10.0 Å². The molecule has 0 bridgehead atoms. The lowest BCUT2D eigenvalue weighted by Crippen LogP contribution is -2.32. The van der Waals surface area contributed by atoms with Gasteiger partial charge in [0.1, 0.15) is 4.90 Å². The minimum absolute atomic E-state index is 0.216. The lowest BCUT2D eigenvalue weighted by atomic mass is 9.89. The molecule has 1 atom stereocenters. The third-order valence-electron chi connectivity index (χ3n) is 4.26. The Balaban J connectivity index is 2.23. The highest BCUT2D eigenvalue weighted by molar-refractivity contribution is 9.10. The van der Waals surface area contributed by atoms with Crippen molar-refractivity contribution in [3.8, 4) is 0 Å². The maximum absolute atomic E-state index is 12.8. The number of nitrogens with zero attached hydrogens (tertiary/aromatic N) is 1. The van der Waals surface area contributed by atoms with Crippen molar-refractivity contribution in [2.45, 2.75) is 38.0 Å². The van der Waals surface area contributed by atoms with Crippen molar-refractivity contribution >= 4 is 31.6 Å². The van der Waals surface area contributed by atoms with Gasteiger partial charge in [-0.05, 0) is 49.3 Å². The molecule has 1 heterocycles. The Morgan fingerprint density at radius 3 is 2.62 bits per heavy atom. The van der Waals surface area contributed by atoms with Crippen LogP contribution in [0.4, 0.5) is 5.69 Å². The number of benzene rings is 1. The van der Waals surface area contributed by atoms with Gasteiger partial charge in [0, 0.05) is 17.6 Å². The quantitative estimate of drug-likeness (QED) is 0.823. The molecule has 1 aromatic carbocycles. The van der Waals surface area contributed by atoms with Crippen molar-refractivity contribution in [2.75, 3.05) is 18.8 Å². The van der Waals surface area contributed by atoms with Crippen LogP contribution in [0.1, 0.15) is 33.1 Å². The molecule has 1 aliphatic rings. The summed E-state index contributed by atoms with van der Waals surface area (Å²) in [6.45, 7) is 5.59. The van der Waals surface area contributed by atoms with Crippen LogP contribution in [0.15, 0.2) is 27.6 Å². The van der Waals surface area contributed by atoms with Gasteiger partial charge >= 0.3 is 0 Å². The van der Waals surface area contributed by atoms with Gasteiger partial charge in [0.25, 0.3) is 0 Å². The highest BCUT2D eigenvalue weighted by Gasteiger charge is 2.29. The molecule has 0 aliphatic carbocycles. The monoisotopic (exact) mass is 374 g/mol. The number of rotatable bonds is 3. The minimum atomic E-state index is -3.49. The first kappa shape index (κ1) is 16.8. The Morgan fingerprint density at radius 1 is 1.29 bits per heavy atom. The van der Waals surface area contributed by atoms with E-state index in [-0.39, 0.29) is 4.90 Å². The molecule has 0 aromatic heterocycles. The molecule has 6 heteroatoms. The fraction of sp³-hybridized carbons (Fsp3) is 0.600. The van der Waals surface area contributed by atoms with E-state index in [2.05, 4.69) is 29.8 Å². The molecule has 2 rings (SSSR count). The summed E-state index contributed by atoms with van der Waals surface area (Å²) in [5, 5.41) is 0. The average Bonchev–Trinajstić information content (AvgIpc) is 2.64. The zero-order valence-electron chi connectivity index (χ0n) is 12.5. The van der Waals surface area contributed by atoms with Crippen molar-refractivity contribution in [2.24, 2.45) is 11.8 Å². The predicted octanol–water partition coefficient (Wildman–Crippen LogP) is 3.48. The van der Waals surface area contributed by atoms with Crippen molar-refractivity contribution in [1.82, 2.24) is 4.31 Å². The maximum atomic E-state index is 12.8. The largest absolute Gasteiger partial charge is 0.398 e. The summed E-state index contributed by atoms with van der Waals surface area (Å²) in [5.74, 6) is 1.21. The van der Waals surface area contributed by atoms with Crippen LogP contribution in [0.3, 0.4) is 0 Å². The molecule has 1 unspecified atom stereocenters. The highest BCUT2D eigenvalue weighted by atomic mass is 79.9. The van der Waals surface area contributed by atoms with Crippen LogP contribution >= 0.6 is 15.9 Å². The van der Waals surface area contributed by atoms with Crippen molar-refractivity contribution in [3.63, 3.8) is 0 Å². The van der Waals surface area contributed by atoms with E-state index in [1.165, 1.54) is 0 Å². The van der Waals surface area contributed by atoms with Crippen LogP contribution in [0.25, 0.3) is 0 Å². The van der Waals surface area contributed by atoms with Gasteiger partial charge in [0.2, 0.25) is 10.0 Å². The average molecular weight is 375 g/mol. The first-order valence-electron chi connectivity index (χ1n) is 7.37. The topological polar surface area (TPSA) is 63.4 Å². The van der Waals surface area contributed by atoms with E-state index in [1.807, 2.05) is 0 Å². The smallest absolute Gasteiger partial charge is 0.245 e. The second-order valence-corrected chi connectivity index (χ2v) is 8.84. The Hall–Kier alpha value is -0.590. The Kier molecular flexibility index (Phi) is 5.33. The summed E-state index contributed by atoms with van der Waals surface area (Å²) in [5.41, 5.74) is 6.19. The van der Waals surface area contributed by atoms with Gasteiger partial charge in [-0.2, -0.15) is 4.31 Å². The highest BCUT2D eigenvalue weighted by Crippen LogP contribution is 2.30. The molecule has 1 aliphatic heterocycles. The van der Waals surface area contributed by atoms with Gasteiger partial charge in [0.05, 0.1) is 5.69 Å². The molecule has 0 saturated carbocycles. The molecule has 1 fully saturated rings. The molecular weight excluding hydrogens is 352 g/mol. The Morgan fingerprint density at radius 2 is 2.00 bits per heavy atom. The number of sulfonamides is 1. The number of hydrogen-bond donors (Lipinski definition) is 1. The Bertz CT molecular complexity index is 602. The second-order valence-electron chi connectivity index (χ2n) is 6.02. The third-order valence-corrected chi connectivity index (χ3v) is 6.73. The number of anilines is 1. The van der Waals surface area contributed by atoms with Crippen molar-refractivity contribution < 1.29 is 8.42 Å². The Labute approximate surface area is 135 Å². The first-order chi connectivity index (χ1) is 9.82. The van der Waals surface area contributed by atoms with E-state index in [0.29, 0.717) is 30.6 Å². The molecule has 1 saturated heterocycles. The van der Waals surface area contributed by atoms with E-state index < -0.39 is 10.0 Å². The minimum Gasteiger partial charge on any atom is -0.398 e. The summed E-state index contributed by atoms with van der Waals surface area (Å²) < 4.78 is 27.9. The second kappa shape index (κ2) is 6.67. The molecule has 4 nitrogen and oxygen atoms in total. The molecule has 1 aromatic rings. The molecule has 0 amide bonds. The van der Waals surface area contributed by atoms with Gasteiger partial charge < -0.3 is 5.73 Å². The molecule has 0 spiro atoms. The number of hydrogen-bond acceptors (Lipinski definition) is 3. The fourth-order valence-corrected chi connectivity index (χ4v) is 4.87.